The molecule has 2 aromatic carbocycles. The van der Waals surface area contributed by atoms with Gasteiger partial charge in [0.2, 0.25) is 22.2 Å². The van der Waals surface area contributed by atoms with Crippen molar-refractivity contribution in [2.24, 2.45) is 4.99 Å². The number of fused-ring (bicyclic) bond motifs is 2. The number of piperazine rings is 1. The molecule has 2 aromatic heterocycles. The molecule has 2 N–H and O–H groups in total. The number of nitrogens with zero attached hydrogens (tertiary/aromatic N) is 6. The number of hydrogen-bond acceptors (Lipinski definition) is 8. The number of hydrogen-bond donors (Lipinski definition) is 2. The first-order chi connectivity index (χ1) is 20.8. The van der Waals surface area contributed by atoms with Gasteiger partial charge in [0.25, 0.3) is 5.91 Å². The van der Waals surface area contributed by atoms with E-state index in [0.717, 1.165) is 60.6 Å². The fourth-order valence-corrected chi connectivity index (χ4v) is 7.51. The molecule has 1 amide bonds. The van der Waals surface area contributed by atoms with Crippen LogP contribution in [0.15, 0.2) is 71.2 Å². The second-order valence-corrected chi connectivity index (χ2v) is 13.2. The zero-order valence-electron chi connectivity index (χ0n) is 23.5. The number of benzene rings is 2. The molecule has 0 atom stereocenters. The average molecular weight is 615 g/mol. The van der Waals surface area contributed by atoms with Crippen LogP contribution < -0.4 is 14.9 Å². The predicted octanol–water partition coefficient (Wildman–Crippen LogP) is 3.94. The predicted molar refractivity (Wildman–Crippen MR) is 170 cm³/mol. The van der Waals surface area contributed by atoms with E-state index >= 15 is 0 Å². The molecule has 43 heavy (non-hydrogen) atoms. The molecule has 0 saturated carbocycles. The van der Waals surface area contributed by atoms with Crippen LogP contribution >= 0.6 is 11.3 Å². The lowest BCUT2D eigenvalue weighted by molar-refractivity contribution is 0.103. The summed E-state index contributed by atoms with van der Waals surface area (Å²) in [7, 11) is -1.75. The fraction of sp³-hybridized carbons (Fsp3) is 0.267. The smallest absolute Gasteiger partial charge is 0.267 e. The van der Waals surface area contributed by atoms with E-state index in [1.54, 1.807) is 23.7 Å². The SMILES string of the molecule is CN1CCN(C(=NC#N)N2CCc3ccc(NC(=O)c4sccc4NS(=O)(=O)Cc4ccnc5ccccc45)cc32)CC1. The Hall–Kier alpha value is -4.51. The minimum absolute atomic E-state index is 0.224. The van der Waals surface area contributed by atoms with Crippen LogP contribution in [-0.4, -0.2) is 74.8 Å². The van der Waals surface area contributed by atoms with Gasteiger partial charge in [-0.25, -0.2) is 8.42 Å². The van der Waals surface area contributed by atoms with E-state index in [1.807, 2.05) is 53.6 Å². The maximum Gasteiger partial charge on any atom is 0.267 e. The van der Waals surface area contributed by atoms with Gasteiger partial charge in [0.15, 0.2) is 0 Å². The first kappa shape index (κ1) is 28.6. The Kier molecular flexibility index (Phi) is 7.98. The minimum atomic E-state index is -3.83. The molecule has 1 fully saturated rings. The first-order valence-corrected chi connectivity index (χ1v) is 16.4. The van der Waals surface area contributed by atoms with Gasteiger partial charge < -0.3 is 20.0 Å². The summed E-state index contributed by atoms with van der Waals surface area (Å²) in [5.41, 5.74) is 4.12. The van der Waals surface area contributed by atoms with Gasteiger partial charge in [-0.1, -0.05) is 24.3 Å². The van der Waals surface area contributed by atoms with Gasteiger partial charge in [-0.05, 0) is 60.3 Å². The lowest BCUT2D eigenvalue weighted by Gasteiger charge is -2.37. The van der Waals surface area contributed by atoms with Crippen molar-refractivity contribution in [1.29, 1.82) is 5.26 Å². The van der Waals surface area contributed by atoms with Crippen molar-refractivity contribution >= 4 is 61.2 Å². The standard InChI is InChI=1S/C30H30N8O3S2/c1-36-13-15-37(16-14-36)30(33-20-31)38-12-9-21-6-7-23(18-27(21)38)34-29(39)28-26(10-17-42-28)35-43(40,41)19-22-8-11-32-25-5-3-2-4-24(22)25/h2-8,10-11,17-18,35H,9,12-16,19H2,1H3,(H,34,39). The number of para-hydroxylation sites is 1. The number of anilines is 3. The summed E-state index contributed by atoms with van der Waals surface area (Å²) in [4.78, 5) is 28.5. The molecular formula is C30H30N8O3S2. The number of sulfonamides is 1. The van der Waals surface area contributed by atoms with E-state index < -0.39 is 15.9 Å². The highest BCUT2D eigenvalue weighted by Gasteiger charge is 2.29. The molecule has 6 rings (SSSR count). The van der Waals surface area contributed by atoms with Gasteiger partial charge >= 0.3 is 0 Å². The summed E-state index contributed by atoms with van der Waals surface area (Å²) in [5, 5.41) is 14.8. The second-order valence-electron chi connectivity index (χ2n) is 10.5. The number of aromatic nitrogens is 1. The molecule has 0 unspecified atom stereocenters. The summed E-state index contributed by atoms with van der Waals surface area (Å²) in [6.45, 7) is 3.99. The van der Waals surface area contributed by atoms with Crippen molar-refractivity contribution < 1.29 is 13.2 Å². The summed E-state index contributed by atoms with van der Waals surface area (Å²) in [6, 6.07) is 16.3. The number of aliphatic imine (C=N–C) groups is 1. The Labute approximate surface area is 254 Å². The molecule has 1 saturated heterocycles. The number of carbonyl (C=O) groups is 1. The van der Waals surface area contributed by atoms with Crippen LogP contribution in [0.4, 0.5) is 17.1 Å². The van der Waals surface area contributed by atoms with Crippen molar-refractivity contribution in [3.8, 4) is 6.19 Å². The van der Waals surface area contributed by atoms with E-state index in [0.29, 0.717) is 29.3 Å². The summed E-state index contributed by atoms with van der Waals surface area (Å²) >= 11 is 1.16. The van der Waals surface area contributed by atoms with Gasteiger partial charge in [0.05, 0.1) is 17.0 Å². The van der Waals surface area contributed by atoms with Crippen molar-refractivity contribution in [2.75, 3.05) is 54.7 Å². The molecule has 0 spiro atoms. The van der Waals surface area contributed by atoms with Crippen LogP contribution in [0, 0.1) is 11.5 Å². The maximum absolute atomic E-state index is 13.4. The zero-order chi connectivity index (χ0) is 30.0. The third-order valence-electron chi connectivity index (χ3n) is 7.64. The number of nitrogens with one attached hydrogen (secondary N) is 2. The van der Waals surface area contributed by atoms with E-state index in [4.69, 9.17) is 0 Å². The molecule has 2 aliphatic rings. The van der Waals surface area contributed by atoms with Crippen LogP contribution in [0.5, 0.6) is 0 Å². The molecule has 0 aliphatic carbocycles. The minimum Gasteiger partial charge on any atom is -0.339 e. The number of rotatable bonds is 6. The molecule has 0 bridgehead atoms. The molecule has 4 heterocycles. The van der Waals surface area contributed by atoms with Crippen LogP contribution in [0.3, 0.4) is 0 Å². The molecule has 2 aliphatic heterocycles. The average Bonchev–Trinajstić information content (AvgIpc) is 3.63. The Bertz CT molecular complexity index is 1850. The largest absolute Gasteiger partial charge is 0.339 e. The number of likely N-dealkylation sites (N-methyl/N-ethyl adjacent to an activating group) is 1. The number of nitriles is 1. The lowest BCUT2D eigenvalue weighted by Crippen LogP contribution is -2.52. The lowest BCUT2D eigenvalue weighted by atomic mass is 10.1. The molecular weight excluding hydrogens is 585 g/mol. The van der Waals surface area contributed by atoms with Gasteiger partial charge in [0.1, 0.15) is 4.88 Å². The number of amides is 1. The number of thiophene rings is 1. The zero-order valence-corrected chi connectivity index (χ0v) is 25.2. The number of carbonyl (C=O) groups excluding carboxylic acids is 1. The monoisotopic (exact) mass is 614 g/mol. The van der Waals surface area contributed by atoms with Crippen LogP contribution in [0.2, 0.25) is 0 Å². The van der Waals surface area contributed by atoms with E-state index in [2.05, 4.69) is 36.9 Å². The third kappa shape index (κ3) is 6.17. The van der Waals surface area contributed by atoms with Gasteiger partial charge in [-0.3, -0.25) is 14.5 Å². The molecule has 220 valence electrons. The highest BCUT2D eigenvalue weighted by Crippen LogP contribution is 2.33. The quantitative estimate of drug-likeness (QED) is 0.190. The van der Waals surface area contributed by atoms with Crippen molar-refractivity contribution in [3.05, 3.63) is 82.2 Å². The first-order valence-electron chi connectivity index (χ1n) is 13.8. The summed E-state index contributed by atoms with van der Waals surface area (Å²) < 4.78 is 28.9. The molecule has 11 nitrogen and oxygen atoms in total. The van der Waals surface area contributed by atoms with Crippen LogP contribution in [0.1, 0.15) is 20.8 Å². The Morgan fingerprint density at radius 1 is 1.09 bits per heavy atom. The summed E-state index contributed by atoms with van der Waals surface area (Å²) in [5.74, 6) is -0.0562. The van der Waals surface area contributed by atoms with E-state index in [-0.39, 0.29) is 16.3 Å². The number of pyridine rings is 1. The fourth-order valence-electron chi connectivity index (χ4n) is 5.46. The third-order valence-corrected chi connectivity index (χ3v) is 9.77. The van der Waals surface area contributed by atoms with Crippen molar-refractivity contribution in [1.82, 2.24) is 14.8 Å². The molecule has 4 aromatic rings. The Balaban J connectivity index is 1.18. The Morgan fingerprint density at radius 3 is 2.72 bits per heavy atom. The van der Waals surface area contributed by atoms with Crippen molar-refractivity contribution in [3.63, 3.8) is 0 Å². The topological polar surface area (TPSA) is 134 Å². The highest BCUT2D eigenvalue weighted by atomic mass is 32.2. The van der Waals surface area contributed by atoms with Crippen molar-refractivity contribution in [2.45, 2.75) is 12.2 Å². The highest BCUT2D eigenvalue weighted by molar-refractivity contribution is 7.92. The van der Waals surface area contributed by atoms with Crippen LogP contribution in [0.25, 0.3) is 10.9 Å². The number of guanidine groups is 1. The maximum atomic E-state index is 13.4. The van der Waals surface area contributed by atoms with E-state index in [1.165, 1.54) is 0 Å². The second kappa shape index (κ2) is 12.0. The molecule has 0 radical (unpaired) electrons. The van der Waals surface area contributed by atoms with Gasteiger partial charge in [0, 0.05) is 55.7 Å². The van der Waals surface area contributed by atoms with E-state index in [9.17, 15) is 18.5 Å². The molecule has 13 heteroatoms. The van der Waals surface area contributed by atoms with Gasteiger partial charge in [-0.2, -0.15) is 5.26 Å². The summed E-state index contributed by atoms with van der Waals surface area (Å²) in [6.07, 6.45) is 4.35. The van der Waals surface area contributed by atoms with Crippen LogP contribution in [-0.2, 0) is 22.2 Å². The van der Waals surface area contributed by atoms with Gasteiger partial charge in [-0.15, -0.1) is 16.3 Å². The normalized spacial score (nSPS) is 15.8. The Morgan fingerprint density at radius 2 is 1.91 bits per heavy atom.